The Balaban J connectivity index is 2.40. The van der Waals surface area contributed by atoms with E-state index < -0.39 is 11.9 Å². The molecule has 0 spiro atoms. The van der Waals surface area contributed by atoms with Crippen LogP contribution in [-0.4, -0.2) is 29.5 Å². The van der Waals surface area contributed by atoms with E-state index in [-0.39, 0.29) is 30.5 Å². The molecule has 0 saturated carbocycles. The first-order chi connectivity index (χ1) is 10.4. The van der Waals surface area contributed by atoms with Crippen molar-refractivity contribution in [1.29, 1.82) is 0 Å². The van der Waals surface area contributed by atoms with Crippen LogP contribution in [0, 0.1) is 0 Å². The van der Waals surface area contributed by atoms with Gasteiger partial charge in [-0.1, -0.05) is 0 Å². The zero-order chi connectivity index (χ0) is 16.5. The van der Waals surface area contributed by atoms with Crippen molar-refractivity contribution in [3.8, 4) is 0 Å². The molecule has 0 aliphatic heterocycles. The van der Waals surface area contributed by atoms with Crippen molar-refractivity contribution in [2.45, 2.75) is 19.8 Å². The maximum absolute atomic E-state index is 11.6. The van der Waals surface area contributed by atoms with Crippen LogP contribution in [-0.2, 0) is 14.3 Å². The summed E-state index contributed by atoms with van der Waals surface area (Å²) in [4.78, 5) is 33.6. The molecule has 0 saturated heterocycles. The number of esters is 1. The van der Waals surface area contributed by atoms with Crippen LogP contribution in [0.3, 0.4) is 0 Å². The molecule has 118 valence electrons. The molecule has 22 heavy (non-hydrogen) atoms. The normalized spacial score (nSPS) is 9.68. The Bertz CT molecular complexity index is 572. The third kappa shape index (κ3) is 6.31. The Morgan fingerprint density at radius 2 is 1.82 bits per heavy atom. The molecule has 0 bridgehead atoms. The lowest BCUT2D eigenvalue weighted by Gasteiger charge is -2.09. The van der Waals surface area contributed by atoms with E-state index in [2.05, 4.69) is 10.6 Å². The number of rotatable bonds is 6. The number of carbonyl (C=O) groups is 3. The number of ether oxygens (including phenoxy) is 1. The average molecular weight is 323 g/mol. The highest BCUT2D eigenvalue weighted by Gasteiger charge is 2.09. The molecule has 2 amide bonds. The van der Waals surface area contributed by atoms with Crippen LogP contribution in [0.2, 0.25) is 0 Å². The fourth-order valence-corrected chi connectivity index (χ4v) is 1.75. The van der Waals surface area contributed by atoms with E-state index in [0.717, 1.165) is 0 Å². The number of anilines is 1. The molecule has 0 atom stereocenters. The van der Waals surface area contributed by atoms with E-state index in [1.54, 1.807) is 19.1 Å². The van der Waals surface area contributed by atoms with Gasteiger partial charge in [0.25, 0.3) is 0 Å². The minimum absolute atomic E-state index is 0.00437. The van der Waals surface area contributed by atoms with Crippen LogP contribution in [0.4, 0.5) is 5.69 Å². The number of nitrogens with two attached hydrogens (primary N) is 1. The smallest absolute Gasteiger partial charge is 0.306 e. The van der Waals surface area contributed by atoms with Crippen LogP contribution in [0.25, 0.3) is 0 Å². The zero-order valence-electron chi connectivity index (χ0n) is 12.0. The van der Waals surface area contributed by atoms with Crippen molar-refractivity contribution in [2.24, 2.45) is 5.73 Å². The van der Waals surface area contributed by atoms with Gasteiger partial charge in [-0.05, 0) is 43.4 Å². The molecule has 4 N–H and O–H groups in total. The standard InChI is InChI=1S/C14H17N3O4S/c1-2-21-12(19)8-7-11(18)17-14(22)16-10-5-3-9(4-6-10)13(15)20/h3-6H,2,7-8H2,1H3,(H2,15,20)(H2,16,17,18,22). The Morgan fingerprint density at radius 3 is 2.36 bits per heavy atom. The number of thiocarbonyl (C=S) groups is 1. The summed E-state index contributed by atoms with van der Waals surface area (Å²) in [5, 5.41) is 5.33. The molecule has 1 aromatic rings. The Labute approximate surface area is 133 Å². The number of amides is 2. The second kappa shape index (κ2) is 8.73. The molecule has 1 rings (SSSR count). The Hall–Kier alpha value is -2.48. The van der Waals surface area contributed by atoms with Crippen LogP contribution in [0.1, 0.15) is 30.1 Å². The van der Waals surface area contributed by atoms with Gasteiger partial charge in [0.1, 0.15) is 0 Å². The highest BCUT2D eigenvalue weighted by atomic mass is 32.1. The van der Waals surface area contributed by atoms with E-state index in [0.29, 0.717) is 11.3 Å². The minimum atomic E-state index is -0.526. The van der Waals surface area contributed by atoms with E-state index in [1.807, 2.05) is 0 Å². The Morgan fingerprint density at radius 1 is 1.18 bits per heavy atom. The molecule has 0 fully saturated rings. The molecule has 0 aliphatic carbocycles. The molecule has 0 radical (unpaired) electrons. The van der Waals surface area contributed by atoms with Gasteiger partial charge in [0, 0.05) is 17.7 Å². The zero-order valence-corrected chi connectivity index (χ0v) is 12.9. The third-order valence-electron chi connectivity index (χ3n) is 2.54. The summed E-state index contributed by atoms with van der Waals surface area (Å²) in [7, 11) is 0. The van der Waals surface area contributed by atoms with Gasteiger partial charge in [-0.2, -0.15) is 0 Å². The monoisotopic (exact) mass is 323 g/mol. The molecular formula is C14H17N3O4S. The molecule has 0 unspecified atom stereocenters. The predicted octanol–water partition coefficient (Wildman–Crippen LogP) is 0.942. The van der Waals surface area contributed by atoms with E-state index in [9.17, 15) is 14.4 Å². The van der Waals surface area contributed by atoms with Crippen molar-refractivity contribution < 1.29 is 19.1 Å². The number of primary amides is 1. The first-order valence-electron chi connectivity index (χ1n) is 6.58. The summed E-state index contributed by atoms with van der Waals surface area (Å²) in [5.41, 5.74) is 6.10. The van der Waals surface area contributed by atoms with Gasteiger partial charge in [0.15, 0.2) is 5.11 Å². The minimum Gasteiger partial charge on any atom is -0.466 e. The number of carbonyl (C=O) groups excluding carboxylic acids is 3. The quantitative estimate of drug-likeness (QED) is 0.531. The largest absolute Gasteiger partial charge is 0.466 e. The van der Waals surface area contributed by atoms with Crippen molar-refractivity contribution in [2.75, 3.05) is 11.9 Å². The summed E-state index contributed by atoms with van der Waals surface area (Å²) in [6, 6.07) is 6.29. The highest BCUT2D eigenvalue weighted by molar-refractivity contribution is 7.80. The number of nitrogens with one attached hydrogen (secondary N) is 2. The van der Waals surface area contributed by atoms with Gasteiger partial charge in [0.2, 0.25) is 11.8 Å². The second-order valence-electron chi connectivity index (χ2n) is 4.25. The van der Waals surface area contributed by atoms with Gasteiger partial charge >= 0.3 is 5.97 Å². The summed E-state index contributed by atoms with van der Waals surface area (Å²) < 4.78 is 4.72. The number of hydrogen-bond donors (Lipinski definition) is 3. The number of benzene rings is 1. The maximum atomic E-state index is 11.6. The molecule has 7 nitrogen and oxygen atoms in total. The lowest BCUT2D eigenvalue weighted by molar-refractivity contribution is -0.144. The molecule has 0 aromatic heterocycles. The third-order valence-corrected chi connectivity index (χ3v) is 2.75. The molecule has 0 heterocycles. The van der Waals surface area contributed by atoms with Crippen LogP contribution >= 0.6 is 12.2 Å². The molecule has 0 aliphatic rings. The topological polar surface area (TPSA) is 111 Å². The number of hydrogen-bond acceptors (Lipinski definition) is 5. The van der Waals surface area contributed by atoms with Gasteiger partial charge in [-0.25, -0.2) is 0 Å². The van der Waals surface area contributed by atoms with E-state index in [4.69, 9.17) is 22.7 Å². The Kier molecular flexibility index (Phi) is 6.97. The van der Waals surface area contributed by atoms with Gasteiger partial charge in [-0.3, -0.25) is 14.4 Å². The molecular weight excluding hydrogens is 306 g/mol. The van der Waals surface area contributed by atoms with Gasteiger partial charge in [-0.15, -0.1) is 0 Å². The van der Waals surface area contributed by atoms with Crippen molar-refractivity contribution in [3.63, 3.8) is 0 Å². The van der Waals surface area contributed by atoms with Crippen LogP contribution < -0.4 is 16.4 Å². The maximum Gasteiger partial charge on any atom is 0.306 e. The SMILES string of the molecule is CCOC(=O)CCC(=O)NC(=S)Nc1ccc(C(N)=O)cc1. The fraction of sp³-hybridized carbons (Fsp3) is 0.286. The lowest BCUT2D eigenvalue weighted by atomic mass is 10.2. The fourth-order valence-electron chi connectivity index (χ4n) is 1.52. The summed E-state index contributed by atoms with van der Waals surface area (Å²) >= 11 is 4.98. The highest BCUT2D eigenvalue weighted by Crippen LogP contribution is 2.09. The van der Waals surface area contributed by atoms with E-state index in [1.165, 1.54) is 12.1 Å². The summed E-state index contributed by atoms with van der Waals surface area (Å²) in [6.07, 6.45) is -0.0170. The second-order valence-corrected chi connectivity index (χ2v) is 4.66. The van der Waals surface area contributed by atoms with Crippen molar-refractivity contribution in [3.05, 3.63) is 29.8 Å². The molecule has 1 aromatic carbocycles. The van der Waals surface area contributed by atoms with E-state index >= 15 is 0 Å². The van der Waals surface area contributed by atoms with Crippen LogP contribution in [0.5, 0.6) is 0 Å². The average Bonchev–Trinajstić information content (AvgIpc) is 2.46. The van der Waals surface area contributed by atoms with Crippen molar-refractivity contribution >= 4 is 40.8 Å². The summed E-state index contributed by atoms with van der Waals surface area (Å²) in [6.45, 7) is 1.97. The molecule has 8 heteroatoms. The van der Waals surface area contributed by atoms with Crippen LogP contribution in [0.15, 0.2) is 24.3 Å². The van der Waals surface area contributed by atoms with Gasteiger partial charge in [0.05, 0.1) is 13.0 Å². The predicted molar refractivity (Wildman–Crippen MR) is 85.2 cm³/mol. The summed E-state index contributed by atoms with van der Waals surface area (Å²) in [5.74, 6) is -1.35. The first-order valence-corrected chi connectivity index (χ1v) is 6.99. The first kappa shape index (κ1) is 17.6. The van der Waals surface area contributed by atoms with Gasteiger partial charge < -0.3 is 21.1 Å². The lowest BCUT2D eigenvalue weighted by Crippen LogP contribution is -2.34. The van der Waals surface area contributed by atoms with Crippen molar-refractivity contribution in [1.82, 2.24) is 5.32 Å².